The van der Waals surface area contributed by atoms with Crippen molar-refractivity contribution >= 4 is 11.9 Å². The van der Waals surface area contributed by atoms with E-state index < -0.39 is 5.97 Å². The third-order valence-electron chi connectivity index (χ3n) is 2.49. The number of amides is 1. The van der Waals surface area contributed by atoms with Crippen LogP contribution in [0.3, 0.4) is 0 Å². The molecule has 16 heavy (non-hydrogen) atoms. The van der Waals surface area contributed by atoms with Crippen LogP contribution in [0.1, 0.15) is 26.7 Å². The molecule has 1 aliphatic carbocycles. The van der Waals surface area contributed by atoms with E-state index in [1.807, 2.05) is 0 Å². The van der Waals surface area contributed by atoms with E-state index in [1.54, 1.807) is 13.0 Å². The molecule has 0 aromatic rings. The molecule has 0 aromatic heterocycles. The summed E-state index contributed by atoms with van der Waals surface area (Å²) in [6, 6.07) is 0.0616. The molecule has 5 heteroatoms. The first-order valence-corrected chi connectivity index (χ1v) is 5.44. The molecule has 0 radical (unpaired) electrons. The van der Waals surface area contributed by atoms with E-state index in [9.17, 15) is 9.59 Å². The number of rotatable bonds is 6. The zero-order valence-electron chi connectivity index (χ0n) is 9.62. The lowest BCUT2D eigenvalue weighted by molar-refractivity contribution is -0.132. The van der Waals surface area contributed by atoms with Gasteiger partial charge in [-0.2, -0.15) is 0 Å². The average molecular weight is 226 g/mol. The van der Waals surface area contributed by atoms with E-state index in [0.29, 0.717) is 12.6 Å². The minimum atomic E-state index is -0.933. The second-order valence-corrected chi connectivity index (χ2v) is 4.11. The Kier molecular flexibility index (Phi) is 4.49. The SMILES string of the molecule is C/C(=C/CNC(C)C(=O)NC1CC1)C(=O)O. The molecule has 1 atom stereocenters. The largest absolute Gasteiger partial charge is 0.478 e. The molecule has 0 spiro atoms. The molecule has 1 amide bonds. The van der Waals surface area contributed by atoms with Crippen molar-refractivity contribution in [3.63, 3.8) is 0 Å². The van der Waals surface area contributed by atoms with Crippen molar-refractivity contribution in [1.82, 2.24) is 10.6 Å². The highest BCUT2D eigenvalue weighted by Gasteiger charge is 2.25. The molecule has 3 N–H and O–H groups in total. The van der Waals surface area contributed by atoms with Gasteiger partial charge in [0.1, 0.15) is 0 Å². The first-order chi connectivity index (χ1) is 7.50. The average Bonchev–Trinajstić information content (AvgIpc) is 3.00. The van der Waals surface area contributed by atoms with E-state index in [1.165, 1.54) is 6.92 Å². The van der Waals surface area contributed by atoms with Crippen molar-refractivity contribution in [2.75, 3.05) is 6.54 Å². The van der Waals surface area contributed by atoms with Gasteiger partial charge in [-0.3, -0.25) is 4.79 Å². The molecule has 0 heterocycles. The van der Waals surface area contributed by atoms with Crippen LogP contribution in [0, 0.1) is 0 Å². The predicted molar refractivity (Wildman–Crippen MR) is 60.0 cm³/mol. The van der Waals surface area contributed by atoms with Crippen LogP contribution in [0.5, 0.6) is 0 Å². The number of nitrogens with one attached hydrogen (secondary N) is 2. The Morgan fingerprint density at radius 3 is 2.62 bits per heavy atom. The molecular weight excluding hydrogens is 208 g/mol. The van der Waals surface area contributed by atoms with E-state index in [-0.39, 0.29) is 17.5 Å². The van der Waals surface area contributed by atoms with Crippen LogP contribution in [0.15, 0.2) is 11.6 Å². The fraction of sp³-hybridized carbons (Fsp3) is 0.636. The minimum absolute atomic E-state index is 0.0242. The van der Waals surface area contributed by atoms with Crippen molar-refractivity contribution in [2.45, 2.75) is 38.8 Å². The van der Waals surface area contributed by atoms with Crippen LogP contribution in [0.25, 0.3) is 0 Å². The Labute approximate surface area is 94.9 Å². The van der Waals surface area contributed by atoms with Gasteiger partial charge in [0, 0.05) is 18.2 Å². The lowest BCUT2D eigenvalue weighted by Gasteiger charge is -2.12. The minimum Gasteiger partial charge on any atom is -0.478 e. The van der Waals surface area contributed by atoms with Crippen LogP contribution in [-0.4, -0.2) is 35.6 Å². The molecule has 90 valence electrons. The van der Waals surface area contributed by atoms with Gasteiger partial charge in [0.25, 0.3) is 0 Å². The van der Waals surface area contributed by atoms with Gasteiger partial charge in [-0.15, -0.1) is 0 Å². The molecule has 1 unspecified atom stereocenters. The quantitative estimate of drug-likeness (QED) is 0.568. The highest BCUT2D eigenvalue weighted by Crippen LogP contribution is 2.18. The molecule has 1 rings (SSSR count). The van der Waals surface area contributed by atoms with Gasteiger partial charge in [0.2, 0.25) is 5.91 Å². The number of carboxylic acids is 1. The lowest BCUT2D eigenvalue weighted by Crippen LogP contribution is -2.43. The first kappa shape index (κ1) is 12.7. The van der Waals surface area contributed by atoms with E-state index in [0.717, 1.165) is 12.8 Å². The smallest absolute Gasteiger partial charge is 0.330 e. The normalized spacial score (nSPS) is 18.0. The molecular formula is C11H18N2O3. The molecule has 1 saturated carbocycles. The van der Waals surface area contributed by atoms with Crippen molar-refractivity contribution in [3.05, 3.63) is 11.6 Å². The number of carbonyl (C=O) groups excluding carboxylic acids is 1. The topological polar surface area (TPSA) is 78.4 Å². The van der Waals surface area contributed by atoms with Gasteiger partial charge in [0.05, 0.1) is 6.04 Å². The Morgan fingerprint density at radius 1 is 1.50 bits per heavy atom. The fourth-order valence-corrected chi connectivity index (χ4v) is 1.12. The standard InChI is InChI=1S/C11H18N2O3/c1-7(11(15)16)5-6-12-8(2)10(14)13-9-3-4-9/h5,8-9,12H,3-4,6H2,1-2H3,(H,13,14)(H,15,16)/b7-5-. The maximum Gasteiger partial charge on any atom is 0.330 e. The Bertz CT molecular complexity index is 308. The molecule has 1 aliphatic rings. The number of aliphatic carboxylic acids is 1. The Morgan fingerprint density at radius 2 is 2.12 bits per heavy atom. The van der Waals surface area contributed by atoms with E-state index in [4.69, 9.17) is 5.11 Å². The number of carboxylic acid groups (broad SMARTS) is 1. The van der Waals surface area contributed by atoms with E-state index in [2.05, 4.69) is 10.6 Å². The van der Waals surface area contributed by atoms with Crippen molar-refractivity contribution in [1.29, 1.82) is 0 Å². The van der Waals surface area contributed by atoms with Crippen LogP contribution in [0.2, 0.25) is 0 Å². The first-order valence-electron chi connectivity index (χ1n) is 5.44. The van der Waals surface area contributed by atoms with E-state index >= 15 is 0 Å². The van der Waals surface area contributed by atoms with Gasteiger partial charge >= 0.3 is 5.97 Å². The summed E-state index contributed by atoms with van der Waals surface area (Å²) >= 11 is 0. The van der Waals surface area contributed by atoms with Gasteiger partial charge in [-0.1, -0.05) is 6.08 Å². The Hall–Kier alpha value is -1.36. The summed E-state index contributed by atoms with van der Waals surface area (Å²) in [5.41, 5.74) is 0.280. The van der Waals surface area contributed by atoms with Crippen LogP contribution >= 0.6 is 0 Å². The lowest BCUT2D eigenvalue weighted by atomic mass is 10.2. The monoisotopic (exact) mass is 226 g/mol. The molecule has 0 bridgehead atoms. The Balaban J connectivity index is 2.23. The van der Waals surface area contributed by atoms with Crippen molar-refractivity contribution in [3.8, 4) is 0 Å². The van der Waals surface area contributed by atoms with Crippen molar-refractivity contribution in [2.24, 2.45) is 0 Å². The second-order valence-electron chi connectivity index (χ2n) is 4.11. The van der Waals surface area contributed by atoms with Crippen molar-refractivity contribution < 1.29 is 14.7 Å². The molecule has 1 fully saturated rings. The molecule has 0 aromatic carbocycles. The highest BCUT2D eigenvalue weighted by atomic mass is 16.4. The maximum absolute atomic E-state index is 11.5. The fourth-order valence-electron chi connectivity index (χ4n) is 1.12. The predicted octanol–water partition coefficient (Wildman–Crippen LogP) is 0.274. The van der Waals surface area contributed by atoms with Gasteiger partial charge in [-0.25, -0.2) is 4.79 Å². The maximum atomic E-state index is 11.5. The number of hydrogen-bond acceptors (Lipinski definition) is 3. The molecule has 0 saturated heterocycles. The summed E-state index contributed by atoms with van der Waals surface area (Å²) in [6.45, 7) is 3.68. The summed E-state index contributed by atoms with van der Waals surface area (Å²) < 4.78 is 0. The number of hydrogen-bond donors (Lipinski definition) is 3. The molecule has 5 nitrogen and oxygen atoms in total. The third-order valence-corrected chi connectivity index (χ3v) is 2.49. The summed E-state index contributed by atoms with van der Waals surface area (Å²) in [4.78, 5) is 22.0. The van der Waals surface area contributed by atoms with Crippen LogP contribution < -0.4 is 10.6 Å². The second kappa shape index (κ2) is 5.65. The summed E-state index contributed by atoms with van der Waals surface area (Å²) in [5.74, 6) is -0.958. The highest BCUT2D eigenvalue weighted by molar-refractivity contribution is 5.85. The summed E-state index contributed by atoms with van der Waals surface area (Å²) in [6.07, 6.45) is 3.69. The van der Waals surface area contributed by atoms with Crippen LogP contribution in [-0.2, 0) is 9.59 Å². The summed E-state index contributed by atoms with van der Waals surface area (Å²) in [7, 11) is 0. The third kappa shape index (κ3) is 4.44. The van der Waals surface area contributed by atoms with Crippen LogP contribution in [0.4, 0.5) is 0 Å². The zero-order chi connectivity index (χ0) is 12.1. The summed E-state index contributed by atoms with van der Waals surface area (Å²) in [5, 5.41) is 14.4. The number of carbonyl (C=O) groups is 2. The van der Waals surface area contributed by atoms with Gasteiger partial charge in [0.15, 0.2) is 0 Å². The van der Waals surface area contributed by atoms with Gasteiger partial charge < -0.3 is 15.7 Å². The molecule has 0 aliphatic heterocycles. The zero-order valence-corrected chi connectivity index (χ0v) is 9.62. The van der Waals surface area contributed by atoms with Gasteiger partial charge in [-0.05, 0) is 26.7 Å².